The molecule has 2 atom stereocenters. The number of benzene rings is 1. The maximum Gasteiger partial charge on any atom is 0.307 e. The number of pyridine rings is 1. The number of carbonyl (C=O) groups is 3. The van der Waals surface area contributed by atoms with Gasteiger partial charge in [0.1, 0.15) is 5.82 Å². The Labute approximate surface area is 156 Å². The summed E-state index contributed by atoms with van der Waals surface area (Å²) in [6.07, 6.45) is 5.94. The van der Waals surface area contributed by atoms with Gasteiger partial charge in [0.05, 0.1) is 11.8 Å². The van der Waals surface area contributed by atoms with Crippen molar-refractivity contribution in [2.24, 2.45) is 11.8 Å². The molecule has 3 rings (SSSR count). The molecule has 1 aromatic carbocycles. The van der Waals surface area contributed by atoms with E-state index >= 15 is 0 Å². The van der Waals surface area contributed by atoms with E-state index in [1.807, 2.05) is 6.08 Å². The quantitative estimate of drug-likeness (QED) is 0.706. The van der Waals surface area contributed by atoms with Crippen molar-refractivity contribution in [3.63, 3.8) is 0 Å². The predicted octanol–water partition coefficient (Wildman–Crippen LogP) is 2.94. The number of nitrogens with zero attached hydrogens (tertiary/aromatic N) is 1. The molecule has 7 heteroatoms. The smallest absolute Gasteiger partial charge is 0.307 e. The number of nitrogens with one attached hydrogen (secondary N) is 2. The van der Waals surface area contributed by atoms with Crippen molar-refractivity contribution in [3.05, 3.63) is 66.4 Å². The van der Waals surface area contributed by atoms with Crippen LogP contribution in [0.2, 0.25) is 0 Å². The van der Waals surface area contributed by atoms with Gasteiger partial charge in [-0.2, -0.15) is 0 Å². The lowest BCUT2D eigenvalue weighted by molar-refractivity contribution is -0.146. The highest BCUT2D eigenvalue weighted by Gasteiger charge is 2.33. The zero-order chi connectivity index (χ0) is 19.2. The minimum atomic E-state index is -0.971. The minimum absolute atomic E-state index is 0.310. The Kier molecular flexibility index (Phi) is 5.61. The van der Waals surface area contributed by atoms with Crippen LogP contribution in [0, 0.1) is 11.8 Å². The van der Waals surface area contributed by atoms with E-state index in [0.29, 0.717) is 29.9 Å². The number of allylic oxidation sites excluding steroid dienone is 2. The highest BCUT2D eigenvalue weighted by atomic mass is 16.4. The Bertz CT molecular complexity index is 863. The fraction of sp³-hybridized carbons (Fsp3) is 0.200. The number of hydrogen-bond donors (Lipinski definition) is 3. The van der Waals surface area contributed by atoms with Gasteiger partial charge in [-0.1, -0.05) is 18.2 Å². The van der Waals surface area contributed by atoms with Gasteiger partial charge in [0, 0.05) is 17.4 Å². The van der Waals surface area contributed by atoms with E-state index in [9.17, 15) is 19.5 Å². The van der Waals surface area contributed by atoms with Gasteiger partial charge in [-0.15, -0.1) is 0 Å². The normalized spacial score (nSPS) is 18.5. The Morgan fingerprint density at radius 2 is 1.63 bits per heavy atom. The van der Waals surface area contributed by atoms with Gasteiger partial charge in [0.25, 0.3) is 5.91 Å². The molecule has 3 N–H and O–H groups in total. The summed E-state index contributed by atoms with van der Waals surface area (Å²) in [6, 6.07) is 11.6. The SMILES string of the molecule is O=C(Nc1ccccn1)c1ccc(NC(=O)[C@H]2CC=CC[C@@H]2C(=O)O)cc1. The Hall–Kier alpha value is -3.48. The van der Waals surface area contributed by atoms with Crippen LogP contribution >= 0.6 is 0 Å². The summed E-state index contributed by atoms with van der Waals surface area (Å²) >= 11 is 0. The fourth-order valence-electron chi connectivity index (χ4n) is 2.94. The molecule has 1 aliphatic carbocycles. The van der Waals surface area contributed by atoms with Gasteiger partial charge in [-0.3, -0.25) is 14.4 Å². The van der Waals surface area contributed by atoms with E-state index in [-0.39, 0.29) is 11.8 Å². The highest BCUT2D eigenvalue weighted by molar-refractivity contribution is 6.04. The number of hydrogen-bond acceptors (Lipinski definition) is 4. The summed E-state index contributed by atoms with van der Waals surface area (Å²) in [7, 11) is 0. The monoisotopic (exact) mass is 365 g/mol. The van der Waals surface area contributed by atoms with E-state index < -0.39 is 17.8 Å². The van der Waals surface area contributed by atoms with Crippen molar-refractivity contribution in [2.45, 2.75) is 12.8 Å². The van der Waals surface area contributed by atoms with E-state index in [1.165, 1.54) is 0 Å². The molecule has 0 fully saturated rings. The second-order valence-corrected chi connectivity index (χ2v) is 6.23. The number of aliphatic carboxylic acids is 1. The number of carboxylic acids is 1. The molecular weight excluding hydrogens is 346 g/mol. The lowest BCUT2D eigenvalue weighted by Crippen LogP contribution is -2.34. The third-order valence-electron chi connectivity index (χ3n) is 4.41. The summed E-state index contributed by atoms with van der Waals surface area (Å²) in [6.45, 7) is 0. The Morgan fingerprint density at radius 1 is 0.926 bits per heavy atom. The van der Waals surface area contributed by atoms with Gasteiger partial charge >= 0.3 is 5.97 Å². The van der Waals surface area contributed by atoms with E-state index in [2.05, 4.69) is 15.6 Å². The van der Waals surface area contributed by atoms with Crippen LogP contribution in [0.25, 0.3) is 0 Å². The molecule has 0 saturated carbocycles. The summed E-state index contributed by atoms with van der Waals surface area (Å²) in [5.41, 5.74) is 0.927. The zero-order valence-corrected chi connectivity index (χ0v) is 14.5. The molecule has 1 aliphatic rings. The van der Waals surface area contributed by atoms with Crippen molar-refractivity contribution >= 4 is 29.3 Å². The zero-order valence-electron chi connectivity index (χ0n) is 14.5. The molecule has 0 radical (unpaired) electrons. The third-order valence-corrected chi connectivity index (χ3v) is 4.41. The number of aromatic nitrogens is 1. The second-order valence-electron chi connectivity index (χ2n) is 6.23. The molecule has 0 bridgehead atoms. The minimum Gasteiger partial charge on any atom is -0.481 e. The number of anilines is 2. The summed E-state index contributed by atoms with van der Waals surface area (Å²) in [5.74, 6) is -2.50. The number of rotatable bonds is 5. The van der Waals surface area contributed by atoms with Crippen LogP contribution in [0.4, 0.5) is 11.5 Å². The maximum atomic E-state index is 12.4. The molecule has 2 amide bonds. The maximum absolute atomic E-state index is 12.4. The molecule has 0 spiro atoms. The number of carboxylic acid groups (broad SMARTS) is 1. The average molecular weight is 365 g/mol. The lowest BCUT2D eigenvalue weighted by Gasteiger charge is -2.24. The molecule has 27 heavy (non-hydrogen) atoms. The fourth-order valence-corrected chi connectivity index (χ4v) is 2.94. The first kappa shape index (κ1) is 18.3. The topological polar surface area (TPSA) is 108 Å². The van der Waals surface area contributed by atoms with E-state index in [1.54, 1.807) is 54.7 Å². The Balaban J connectivity index is 1.63. The first-order chi connectivity index (χ1) is 13.0. The highest BCUT2D eigenvalue weighted by Crippen LogP contribution is 2.27. The van der Waals surface area contributed by atoms with Crippen LogP contribution in [0.5, 0.6) is 0 Å². The molecule has 138 valence electrons. The molecule has 1 aromatic heterocycles. The van der Waals surface area contributed by atoms with Crippen molar-refractivity contribution in [1.29, 1.82) is 0 Å². The van der Waals surface area contributed by atoms with Crippen molar-refractivity contribution in [3.8, 4) is 0 Å². The largest absolute Gasteiger partial charge is 0.481 e. The van der Waals surface area contributed by atoms with Gasteiger partial charge in [0.2, 0.25) is 5.91 Å². The molecule has 0 aliphatic heterocycles. The van der Waals surface area contributed by atoms with Crippen LogP contribution < -0.4 is 10.6 Å². The van der Waals surface area contributed by atoms with Crippen LogP contribution in [-0.4, -0.2) is 27.9 Å². The van der Waals surface area contributed by atoms with Gasteiger partial charge in [-0.25, -0.2) is 4.98 Å². The predicted molar refractivity (Wildman–Crippen MR) is 100 cm³/mol. The molecule has 7 nitrogen and oxygen atoms in total. The second kappa shape index (κ2) is 8.27. The van der Waals surface area contributed by atoms with Gasteiger partial charge in [0.15, 0.2) is 0 Å². The average Bonchev–Trinajstić information content (AvgIpc) is 2.69. The third kappa shape index (κ3) is 4.58. The van der Waals surface area contributed by atoms with Crippen molar-refractivity contribution < 1.29 is 19.5 Å². The number of amides is 2. The van der Waals surface area contributed by atoms with Crippen molar-refractivity contribution in [2.75, 3.05) is 10.6 Å². The standard InChI is InChI=1S/C20H19N3O4/c24-18(23-17-7-3-4-12-21-17)13-8-10-14(11-9-13)22-19(25)15-5-1-2-6-16(15)20(26)27/h1-4,7-12,15-16H,5-6H2,(H,22,25)(H,26,27)(H,21,23,24)/t15-,16-/m0/s1. The first-order valence-corrected chi connectivity index (χ1v) is 8.55. The van der Waals surface area contributed by atoms with Gasteiger partial charge in [-0.05, 0) is 49.2 Å². The van der Waals surface area contributed by atoms with E-state index in [0.717, 1.165) is 0 Å². The summed E-state index contributed by atoms with van der Waals surface area (Å²) in [4.78, 5) is 40.0. The molecule has 2 aromatic rings. The number of carbonyl (C=O) groups excluding carboxylic acids is 2. The summed E-state index contributed by atoms with van der Waals surface area (Å²) in [5, 5.41) is 14.7. The van der Waals surface area contributed by atoms with E-state index in [4.69, 9.17) is 0 Å². The Morgan fingerprint density at radius 3 is 2.26 bits per heavy atom. The first-order valence-electron chi connectivity index (χ1n) is 8.55. The molecular formula is C20H19N3O4. The molecule has 0 unspecified atom stereocenters. The molecule has 1 heterocycles. The van der Waals surface area contributed by atoms with Gasteiger partial charge < -0.3 is 15.7 Å². The van der Waals surface area contributed by atoms with Crippen LogP contribution in [-0.2, 0) is 9.59 Å². The lowest BCUT2D eigenvalue weighted by atomic mass is 9.82. The molecule has 0 saturated heterocycles. The van der Waals surface area contributed by atoms with Crippen LogP contribution in [0.1, 0.15) is 23.2 Å². The van der Waals surface area contributed by atoms with Crippen molar-refractivity contribution in [1.82, 2.24) is 4.98 Å². The van der Waals surface area contributed by atoms with Crippen LogP contribution in [0.3, 0.4) is 0 Å². The van der Waals surface area contributed by atoms with Crippen LogP contribution in [0.15, 0.2) is 60.8 Å². The summed E-state index contributed by atoms with van der Waals surface area (Å²) < 4.78 is 0.